The van der Waals surface area contributed by atoms with E-state index in [1.54, 1.807) is 0 Å². The van der Waals surface area contributed by atoms with Gasteiger partial charge in [-0.2, -0.15) is 0 Å². The lowest BCUT2D eigenvalue weighted by Gasteiger charge is -2.34. The van der Waals surface area contributed by atoms with Crippen molar-refractivity contribution >= 4 is 67.2 Å². The Labute approximate surface area is 416 Å². The topological polar surface area (TPSA) is 9.86 Å². The van der Waals surface area contributed by atoms with Crippen LogP contribution in [0.15, 0.2) is 279 Å². The molecule has 2 heterocycles. The van der Waals surface area contributed by atoms with E-state index in [4.69, 9.17) is 0 Å². The highest BCUT2D eigenvalue weighted by Gasteiger charge is 2.38. The van der Waals surface area contributed by atoms with Gasteiger partial charge in [-0.15, -0.1) is 0 Å². The third kappa shape index (κ3) is 7.24. The molecule has 0 saturated carbocycles. The first-order valence-corrected chi connectivity index (χ1v) is 27.0. The summed E-state index contributed by atoms with van der Waals surface area (Å²) >= 11 is 0. The summed E-state index contributed by atoms with van der Waals surface area (Å²) in [5, 5.41) is 9.30. The molecule has 0 atom stereocenters. The third-order valence-electron chi connectivity index (χ3n) is 14.9. The summed E-state index contributed by atoms with van der Waals surface area (Å²) in [4.78, 5) is 0. The van der Waals surface area contributed by atoms with E-state index in [2.05, 4.69) is 288 Å². The molecule has 0 aliphatic rings. The van der Waals surface area contributed by atoms with Gasteiger partial charge in [0.25, 0.3) is 0 Å². The minimum absolute atomic E-state index is 0.944. The van der Waals surface area contributed by atoms with Crippen LogP contribution in [0.5, 0.6) is 0 Å². The van der Waals surface area contributed by atoms with Crippen molar-refractivity contribution in [2.75, 3.05) is 0 Å². The van der Waals surface area contributed by atoms with Crippen LogP contribution < -0.4 is 15.6 Å². The Morgan fingerprint density at radius 3 is 1.32 bits per heavy atom. The second-order valence-electron chi connectivity index (χ2n) is 18.7. The molecule has 0 spiro atoms. The van der Waals surface area contributed by atoms with Crippen LogP contribution in [0, 0.1) is 0 Å². The van der Waals surface area contributed by atoms with Crippen LogP contribution in [0.25, 0.3) is 88.4 Å². The summed E-state index contributed by atoms with van der Waals surface area (Å²) < 4.78 is 5.06. The van der Waals surface area contributed by atoms with Gasteiger partial charge >= 0.3 is 0 Å². The maximum Gasteiger partial charge on any atom is 0.148 e. The first-order valence-electron chi connectivity index (χ1n) is 24.8. The first-order chi connectivity index (χ1) is 35.2. The SMILES string of the molecule is c1ccc(-c2cccc(-c3ccccc3)c2-n2c3ccc(-n4c5ccccc5c5ccc(CC[Si](c6ccccc6)(c6ccccc6)c6ccccc6)cc54)cc3c3c(-c4ccccc4)cccc32)cc1. The summed E-state index contributed by atoms with van der Waals surface area (Å²) in [6, 6.07) is 105. The minimum atomic E-state index is -2.46. The average Bonchev–Trinajstić information content (AvgIpc) is 3.96. The second kappa shape index (κ2) is 18.0. The molecule has 336 valence electrons. The molecule has 0 fully saturated rings. The van der Waals surface area contributed by atoms with E-state index in [9.17, 15) is 0 Å². The van der Waals surface area contributed by atoms with Crippen molar-refractivity contribution in [2.24, 2.45) is 0 Å². The van der Waals surface area contributed by atoms with Crippen molar-refractivity contribution in [3.63, 3.8) is 0 Å². The normalized spacial score (nSPS) is 11.8. The zero-order chi connectivity index (χ0) is 47.1. The van der Waals surface area contributed by atoms with Crippen molar-refractivity contribution in [2.45, 2.75) is 12.5 Å². The Morgan fingerprint density at radius 2 is 0.746 bits per heavy atom. The molecule has 0 unspecified atom stereocenters. The van der Waals surface area contributed by atoms with Gasteiger partial charge in [0.15, 0.2) is 0 Å². The largest absolute Gasteiger partial charge is 0.309 e. The smallest absolute Gasteiger partial charge is 0.148 e. The molecule has 0 radical (unpaired) electrons. The number of nitrogens with zero attached hydrogens (tertiary/aromatic N) is 2. The third-order valence-corrected chi connectivity index (χ3v) is 19.8. The van der Waals surface area contributed by atoms with Crippen molar-refractivity contribution < 1.29 is 0 Å². The molecule has 2 aromatic heterocycles. The van der Waals surface area contributed by atoms with Crippen molar-refractivity contribution in [3.8, 4) is 44.8 Å². The van der Waals surface area contributed by atoms with Crippen molar-refractivity contribution in [1.82, 2.24) is 9.13 Å². The Bertz CT molecular complexity index is 3860. The predicted octanol–water partition coefficient (Wildman–Crippen LogP) is 15.6. The fourth-order valence-electron chi connectivity index (χ4n) is 11.7. The summed E-state index contributed by atoms with van der Waals surface area (Å²) in [7, 11) is -2.46. The van der Waals surface area contributed by atoms with E-state index in [1.807, 2.05) is 0 Å². The minimum Gasteiger partial charge on any atom is -0.309 e. The highest BCUT2D eigenvalue weighted by molar-refractivity contribution is 7.11. The predicted molar refractivity (Wildman–Crippen MR) is 304 cm³/mol. The van der Waals surface area contributed by atoms with Crippen molar-refractivity contribution in [3.05, 3.63) is 285 Å². The number of fused-ring (bicyclic) bond motifs is 6. The monoisotopic (exact) mass is 922 g/mol. The fourth-order valence-corrected chi connectivity index (χ4v) is 16.5. The molecule has 0 N–H and O–H groups in total. The Hall–Kier alpha value is -8.76. The number of hydrogen-bond donors (Lipinski definition) is 0. The fraction of sp³-hybridized carbons (Fsp3) is 0.0294. The van der Waals surface area contributed by atoms with Gasteiger partial charge in [0.05, 0.1) is 27.8 Å². The molecule has 0 amide bonds. The lowest BCUT2D eigenvalue weighted by molar-refractivity contribution is 1.10. The maximum absolute atomic E-state index is 2.54. The Kier molecular flexibility index (Phi) is 10.7. The number of aromatic nitrogens is 2. The van der Waals surface area contributed by atoms with E-state index in [1.165, 1.54) is 98.3 Å². The van der Waals surface area contributed by atoms with Crippen LogP contribution in [0.4, 0.5) is 0 Å². The summed E-state index contributed by atoms with van der Waals surface area (Å²) in [5.74, 6) is 0. The van der Waals surface area contributed by atoms with Crippen molar-refractivity contribution in [1.29, 1.82) is 0 Å². The van der Waals surface area contributed by atoms with Crippen LogP contribution in [-0.2, 0) is 6.42 Å². The van der Waals surface area contributed by atoms with Crippen LogP contribution in [0.2, 0.25) is 6.04 Å². The number of benzene rings is 11. The molecule has 3 heteroatoms. The van der Waals surface area contributed by atoms with Gasteiger partial charge < -0.3 is 9.13 Å². The van der Waals surface area contributed by atoms with Crippen LogP contribution in [0.1, 0.15) is 5.56 Å². The molecule has 0 bridgehead atoms. The van der Waals surface area contributed by atoms with Gasteiger partial charge in [0.1, 0.15) is 8.07 Å². The van der Waals surface area contributed by atoms with Gasteiger partial charge in [-0.1, -0.05) is 243 Å². The molecule has 13 rings (SSSR count). The second-order valence-corrected chi connectivity index (χ2v) is 22.8. The highest BCUT2D eigenvalue weighted by atomic mass is 28.3. The first kappa shape index (κ1) is 42.3. The summed E-state index contributed by atoms with van der Waals surface area (Å²) in [6.07, 6.45) is 0.944. The van der Waals surface area contributed by atoms with Gasteiger partial charge in [-0.25, -0.2) is 0 Å². The molecule has 0 aliphatic heterocycles. The summed E-state index contributed by atoms with van der Waals surface area (Å²) in [6.45, 7) is 0. The van der Waals surface area contributed by atoms with E-state index < -0.39 is 8.07 Å². The molecular formula is C68H50N2Si. The number of rotatable bonds is 11. The van der Waals surface area contributed by atoms with Crippen LogP contribution in [-0.4, -0.2) is 17.2 Å². The average molecular weight is 923 g/mol. The van der Waals surface area contributed by atoms with Crippen LogP contribution in [0.3, 0.4) is 0 Å². The highest BCUT2D eigenvalue weighted by Crippen LogP contribution is 2.45. The molecule has 2 nitrogen and oxygen atoms in total. The van der Waals surface area contributed by atoms with Gasteiger partial charge in [0.2, 0.25) is 0 Å². The molecule has 71 heavy (non-hydrogen) atoms. The lowest BCUT2D eigenvalue weighted by Crippen LogP contribution is -2.67. The number of aryl methyl sites for hydroxylation is 1. The van der Waals surface area contributed by atoms with E-state index in [-0.39, 0.29) is 0 Å². The Balaban J connectivity index is 1.04. The zero-order valence-electron chi connectivity index (χ0n) is 39.4. The molecule has 0 saturated heterocycles. The standard InChI is InChI=1S/C68H50N2Si/c1-7-23-50(24-8-1)57-36-22-40-65-67(57)62-48-53(42-44-64(62)70(65)68-58(51-25-9-2-10-26-51)37-21-38-59(68)52-27-11-3-12-28-52)69-63-39-20-19-35-60(63)61-43-41-49(47-66(61)69)45-46-71(54-29-13-4-14-30-54,55-31-15-5-16-32-55)56-33-17-6-18-34-56/h1-44,47-48H,45-46H2. The van der Waals surface area contributed by atoms with E-state index in [0.717, 1.165) is 23.7 Å². The molecule has 11 aromatic carbocycles. The Morgan fingerprint density at radius 1 is 0.296 bits per heavy atom. The quantitative estimate of drug-likeness (QED) is 0.0904. The number of para-hydroxylation sites is 2. The van der Waals surface area contributed by atoms with E-state index >= 15 is 0 Å². The zero-order valence-corrected chi connectivity index (χ0v) is 40.4. The van der Waals surface area contributed by atoms with Crippen LogP contribution >= 0.6 is 0 Å². The molecular weight excluding hydrogens is 873 g/mol. The van der Waals surface area contributed by atoms with Gasteiger partial charge in [-0.3, -0.25) is 0 Å². The molecule has 0 aliphatic carbocycles. The molecule has 13 aromatic rings. The lowest BCUT2D eigenvalue weighted by atomic mass is 9.95. The maximum atomic E-state index is 2.54. The summed E-state index contributed by atoms with van der Waals surface area (Å²) in [5.41, 5.74) is 15.6. The van der Waals surface area contributed by atoms with E-state index in [0.29, 0.717) is 0 Å². The number of hydrogen-bond acceptors (Lipinski definition) is 0. The van der Waals surface area contributed by atoms with Gasteiger partial charge in [-0.05, 0) is 92.2 Å². The van der Waals surface area contributed by atoms with Gasteiger partial charge in [0, 0.05) is 38.4 Å².